The molecule has 4 aromatic rings. The number of benzene rings is 4. The second-order valence-corrected chi connectivity index (χ2v) is 18.2. The molecule has 0 radical (unpaired) electrons. The van der Waals surface area contributed by atoms with E-state index in [1.807, 2.05) is 12.1 Å². The number of dihydropyridines is 1. The number of hydrogen-bond acceptors (Lipinski definition) is 9. The summed E-state index contributed by atoms with van der Waals surface area (Å²) in [6.07, 6.45) is 12.9. The van der Waals surface area contributed by atoms with E-state index >= 15 is 0 Å². The molecule has 9 nitrogen and oxygen atoms in total. The number of nitrogens with two attached hydrogens (primary N) is 1. The molecular weight excluding hydrogens is 765 g/mol. The average Bonchev–Trinajstić information content (AvgIpc) is 4.00. The number of carbonyl (C=O) groups is 1. The molecule has 3 aliphatic carbocycles. The summed E-state index contributed by atoms with van der Waals surface area (Å²) in [6, 6.07) is 22.6. The number of phenols is 2. The van der Waals surface area contributed by atoms with Crippen molar-refractivity contribution >= 4 is 5.97 Å². The highest BCUT2D eigenvalue weighted by molar-refractivity contribution is 5.84. The van der Waals surface area contributed by atoms with Crippen molar-refractivity contribution in [3.05, 3.63) is 124 Å². The number of carbonyl (C=O) groups excluding carboxylic acids is 1. The highest BCUT2D eigenvalue weighted by Gasteiger charge is 2.53. The van der Waals surface area contributed by atoms with Crippen molar-refractivity contribution in [1.29, 1.82) is 0 Å². The molecule has 0 aromatic heterocycles. The van der Waals surface area contributed by atoms with Crippen LogP contribution in [0.3, 0.4) is 0 Å². The third-order valence-electron chi connectivity index (χ3n) is 14.9. The minimum absolute atomic E-state index is 0.0112. The number of esters is 1. The van der Waals surface area contributed by atoms with Gasteiger partial charge in [-0.15, -0.1) is 0 Å². The predicted octanol–water partition coefficient (Wildman–Crippen LogP) is 8.93. The third-order valence-corrected chi connectivity index (χ3v) is 14.9. The molecule has 0 saturated heterocycles. The number of rotatable bonds is 7. The van der Waals surface area contributed by atoms with Crippen LogP contribution in [0.15, 0.2) is 90.2 Å². The predicted molar refractivity (Wildman–Crippen MR) is 234 cm³/mol. The van der Waals surface area contributed by atoms with Gasteiger partial charge in [-0.1, -0.05) is 67.3 Å². The Morgan fingerprint density at radius 1 is 0.951 bits per heavy atom. The zero-order chi connectivity index (χ0) is 42.0. The molecule has 5 N–H and O–H groups in total. The summed E-state index contributed by atoms with van der Waals surface area (Å²) in [5.74, 6) is 8.76. The molecule has 6 atom stereocenters. The molecule has 314 valence electrons. The lowest BCUT2D eigenvalue weighted by molar-refractivity contribution is -0.141. The van der Waals surface area contributed by atoms with Crippen LogP contribution in [0.4, 0.5) is 0 Å². The topological polar surface area (TPSA) is 133 Å². The molecule has 0 amide bonds. The number of nitrogens with one attached hydrogen (secondary N) is 1. The van der Waals surface area contributed by atoms with Gasteiger partial charge in [0.25, 0.3) is 0 Å². The van der Waals surface area contributed by atoms with E-state index in [-0.39, 0.29) is 58.8 Å². The fraction of sp³-hybridized carbons (Fsp3) is 0.404. The Morgan fingerprint density at radius 3 is 2.52 bits per heavy atom. The van der Waals surface area contributed by atoms with E-state index in [0.717, 1.165) is 88.9 Å². The van der Waals surface area contributed by atoms with Crippen LogP contribution in [0.2, 0.25) is 0 Å². The molecule has 6 aliphatic rings. The number of fused-ring (bicyclic) bond motifs is 6. The standard InChI is InChI=1S/C52H54N2O7/c1-30(55)60-29-41-37-14-15-38-47-33(22-35(56)24-45(47)59-3)27-52-21-18-32(26-52)40(28-51(19-7-8-20-51)34-11-5-4-6-12-34)36-16-17-46(53)54-42(36)13-9-10-31-23-43(57)44(58-2)25-39(31)49(41)61-50(37)48(38)52/h4-6,11-12,14-17,22-25,32,40-41,46,49,54,56-57H,7-8,10,18-21,26-29,53H2,1-3H3/t32-,40-,41+,46?,49-,52+/m1/s1. The molecule has 9 heteroatoms. The van der Waals surface area contributed by atoms with Crippen LogP contribution in [0.5, 0.6) is 28.7 Å². The van der Waals surface area contributed by atoms with Gasteiger partial charge in [0.15, 0.2) is 11.5 Å². The van der Waals surface area contributed by atoms with Crippen LogP contribution >= 0.6 is 0 Å². The van der Waals surface area contributed by atoms with E-state index in [4.69, 9.17) is 24.7 Å². The van der Waals surface area contributed by atoms with Crippen LogP contribution in [0.1, 0.15) is 104 Å². The summed E-state index contributed by atoms with van der Waals surface area (Å²) in [7, 11) is 3.19. The van der Waals surface area contributed by atoms with E-state index in [9.17, 15) is 15.0 Å². The summed E-state index contributed by atoms with van der Waals surface area (Å²) in [5, 5.41) is 25.9. The minimum Gasteiger partial charge on any atom is -0.508 e. The van der Waals surface area contributed by atoms with Crippen LogP contribution in [-0.4, -0.2) is 43.2 Å². The molecule has 4 bridgehead atoms. The highest BCUT2D eigenvalue weighted by atomic mass is 16.5. The number of hydrogen-bond donors (Lipinski definition) is 4. The van der Waals surface area contributed by atoms with Gasteiger partial charge in [0.1, 0.15) is 30.0 Å². The molecule has 3 heterocycles. The SMILES string of the molecule is COc1cc2c(cc1O)CC#CC1=C(C=CC(N)N1)[C@H](CC1(c3ccccc3)CCCC1)[C@@H]1CC[C@@]3(Cc4cc(O)cc(OC)c4-c4ccc5c(c43)O[C@H]2[C@H]5COC(C)=O)C1. The first kappa shape index (κ1) is 39.3. The Bertz CT molecular complexity index is 2540. The summed E-state index contributed by atoms with van der Waals surface area (Å²) >= 11 is 0. The average molecular weight is 819 g/mol. The van der Waals surface area contributed by atoms with Gasteiger partial charge in [0.05, 0.1) is 32.0 Å². The van der Waals surface area contributed by atoms with Crippen molar-refractivity contribution in [1.82, 2.24) is 5.32 Å². The van der Waals surface area contributed by atoms with Gasteiger partial charge in [0, 0.05) is 47.1 Å². The zero-order valence-electron chi connectivity index (χ0n) is 35.2. The molecule has 10 rings (SSSR count). The van der Waals surface area contributed by atoms with E-state index < -0.39 is 6.10 Å². The van der Waals surface area contributed by atoms with Crippen molar-refractivity contribution in [3.8, 4) is 51.7 Å². The Balaban J connectivity index is 1.23. The van der Waals surface area contributed by atoms with Crippen molar-refractivity contribution in [3.63, 3.8) is 0 Å². The van der Waals surface area contributed by atoms with Gasteiger partial charge in [-0.25, -0.2) is 0 Å². The number of methoxy groups -OCH3 is 2. The molecular formula is C52H54N2O7. The number of ether oxygens (including phenoxy) is 4. The van der Waals surface area contributed by atoms with Gasteiger partial charge >= 0.3 is 5.97 Å². The maximum Gasteiger partial charge on any atom is 0.302 e. The second-order valence-electron chi connectivity index (χ2n) is 18.2. The smallest absolute Gasteiger partial charge is 0.302 e. The number of aromatic hydroxyl groups is 2. The van der Waals surface area contributed by atoms with E-state index in [0.29, 0.717) is 24.3 Å². The molecule has 1 spiro atoms. The first-order chi connectivity index (χ1) is 29.6. The monoisotopic (exact) mass is 818 g/mol. The Hall–Kier alpha value is -5.85. The van der Waals surface area contributed by atoms with Crippen molar-refractivity contribution in [2.45, 2.75) is 100 Å². The Kier molecular flexibility index (Phi) is 9.82. The fourth-order valence-corrected chi connectivity index (χ4v) is 12.3. The third kappa shape index (κ3) is 6.62. The number of allylic oxidation sites excluding steroid dienone is 3. The second kappa shape index (κ2) is 15.3. The first-order valence-corrected chi connectivity index (χ1v) is 21.9. The van der Waals surface area contributed by atoms with Crippen LogP contribution in [-0.2, 0) is 33.2 Å². The summed E-state index contributed by atoms with van der Waals surface area (Å²) in [5.41, 5.74) is 16.6. The van der Waals surface area contributed by atoms with E-state index in [1.54, 1.807) is 19.2 Å². The van der Waals surface area contributed by atoms with Crippen molar-refractivity contribution in [2.75, 3.05) is 20.8 Å². The van der Waals surface area contributed by atoms with Gasteiger partial charge in [-0.2, -0.15) is 0 Å². The van der Waals surface area contributed by atoms with Crippen LogP contribution in [0.25, 0.3) is 11.1 Å². The minimum atomic E-state index is -0.575. The molecule has 2 fully saturated rings. The van der Waals surface area contributed by atoms with Gasteiger partial charge in [0.2, 0.25) is 0 Å². The van der Waals surface area contributed by atoms with Crippen LogP contribution < -0.4 is 25.3 Å². The maximum atomic E-state index is 12.5. The van der Waals surface area contributed by atoms with Crippen LogP contribution in [0, 0.1) is 23.7 Å². The Morgan fingerprint density at radius 2 is 1.75 bits per heavy atom. The van der Waals surface area contributed by atoms with Gasteiger partial charge < -0.3 is 40.2 Å². The maximum absolute atomic E-state index is 12.5. The fourth-order valence-electron chi connectivity index (χ4n) is 12.3. The normalized spacial score (nSPS) is 26.3. The lowest BCUT2D eigenvalue weighted by atomic mass is 9.63. The van der Waals surface area contributed by atoms with Gasteiger partial charge in [-0.05, 0) is 120 Å². The van der Waals surface area contributed by atoms with Gasteiger partial charge in [-0.3, -0.25) is 4.79 Å². The quantitative estimate of drug-likeness (QED) is 0.107. The lowest BCUT2D eigenvalue weighted by Crippen LogP contribution is -2.39. The first-order valence-electron chi connectivity index (χ1n) is 21.9. The van der Waals surface area contributed by atoms with Crippen molar-refractivity contribution < 1.29 is 34.0 Å². The summed E-state index contributed by atoms with van der Waals surface area (Å²) in [4.78, 5) is 12.5. The number of phenolic OH excluding ortho intramolecular Hbond substituents is 2. The molecule has 61 heavy (non-hydrogen) atoms. The largest absolute Gasteiger partial charge is 0.508 e. The lowest BCUT2D eigenvalue weighted by Gasteiger charge is -2.41. The van der Waals surface area contributed by atoms with E-state index in [1.165, 1.54) is 38.0 Å². The molecule has 1 unspecified atom stereocenters. The molecule has 2 saturated carbocycles. The zero-order valence-corrected chi connectivity index (χ0v) is 35.2. The molecule has 4 aromatic carbocycles. The van der Waals surface area contributed by atoms with E-state index in [2.05, 4.69) is 71.8 Å². The summed E-state index contributed by atoms with van der Waals surface area (Å²) < 4.78 is 24.9. The summed E-state index contributed by atoms with van der Waals surface area (Å²) in [6.45, 7) is 1.54. The highest BCUT2D eigenvalue weighted by Crippen LogP contribution is 2.64. The van der Waals surface area contributed by atoms with Crippen molar-refractivity contribution in [2.24, 2.45) is 17.6 Å². The Labute approximate surface area is 358 Å². The molecule has 3 aliphatic heterocycles.